The number of methoxy groups -OCH3 is 1. The molecule has 48 heavy (non-hydrogen) atoms. The van der Waals surface area contributed by atoms with Crippen LogP contribution in [0.5, 0.6) is 0 Å². The number of esters is 2. The summed E-state index contributed by atoms with van der Waals surface area (Å²) in [6, 6.07) is 9.58. The Bertz CT molecular complexity index is 1110. The summed E-state index contributed by atoms with van der Waals surface area (Å²) in [5, 5.41) is 0. The van der Waals surface area contributed by atoms with Crippen molar-refractivity contribution >= 4 is 11.9 Å². The Morgan fingerprint density at radius 2 is 1.17 bits per heavy atom. The SMILES string of the molecule is C#CCCCCCCCCCCC(=O)O[C@@H]1[C@@H](OC(=O)CCCCCCCCCCC#C)[C@@H](OC)O[C@@H]2COC(c3ccccc3)O[C@@H]12. The lowest BCUT2D eigenvalue weighted by Gasteiger charge is -2.47. The molecule has 1 aromatic rings. The third-order valence-electron chi connectivity index (χ3n) is 9.03. The molecule has 0 bridgehead atoms. The van der Waals surface area contributed by atoms with Gasteiger partial charge in [0.2, 0.25) is 0 Å². The van der Waals surface area contributed by atoms with Gasteiger partial charge >= 0.3 is 11.9 Å². The van der Waals surface area contributed by atoms with Gasteiger partial charge in [-0.05, 0) is 25.7 Å². The molecule has 6 atom stereocenters. The first-order valence-electron chi connectivity index (χ1n) is 18.3. The van der Waals surface area contributed by atoms with Crippen LogP contribution in [0.4, 0.5) is 0 Å². The van der Waals surface area contributed by atoms with E-state index in [9.17, 15) is 9.59 Å². The smallest absolute Gasteiger partial charge is 0.306 e. The van der Waals surface area contributed by atoms with Gasteiger partial charge in [-0.2, -0.15) is 0 Å². The molecule has 8 heteroatoms. The lowest BCUT2D eigenvalue weighted by molar-refractivity contribution is -0.359. The number of carbonyl (C=O) groups is 2. The van der Waals surface area contributed by atoms with Crippen LogP contribution >= 0.6 is 0 Å². The molecule has 0 aromatic heterocycles. The summed E-state index contributed by atoms with van der Waals surface area (Å²) in [4.78, 5) is 26.3. The fourth-order valence-corrected chi connectivity index (χ4v) is 6.31. The summed E-state index contributed by atoms with van der Waals surface area (Å²) >= 11 is 0. The van der Waals surface area contributed by atoms with Gasteiger partial charge in [-0.25, -0.2) is 0 Å². The minimum absolute atomic E-state index is 0.214. The van der Waals surface area contributed by atoms with Gasteiger partial charge in [-0.1, -0.05) is 107 Å². The maximum atomic E-state index is 13.2. The first-order valence-corrected chi connectivity index (χ1v) is 18.3. The summed E-state index contributed by atoms with van der Waals surface area (Å²) < 4.78 is 36.2. The molecule has 0 aliphatic carbocycles. The first kappa shape index (κ1) is 39.6. The zero-order valence-corrected chi connectivity index (χ0v) is 29.1. The quantitative estimate of drug-likeness (QED) is 0.0618. The zero-order valence-electron chi connectivity index (χ0n) is 29.1. The number of unbranched alkanes of at least 4 members (excludes halogenated alkanes) is 16. The molecule has 3 rings (SSSR count). The minimum Gasteiger partial charge on any atom is -0.455 e. The Labute approximate surface area is 289 Å². The predicted octanol–water partition coefficient (Wildman–Crippen LogP) is 8.36. The number of benzene rings is 1. The fourth-order valence-electron chi connectivity index (χ4n) is 6.31. The van der Waals surface area contributed by atoms with E-state index < -0.39 is 37.0 Å². The summed E-state index contributed by atoms with van der Waals surface area (Å²) in [7, 11) is 1.49. The Morgan fingerprint density at radius 3 is 1.67 bits per heavy atom. The number of rotatable bonds is 24. The summed E-state index contributed by atoms with van der Waals surface area (Å²) in [6.45, 7) is 0.214. The molecule has 0 spiro atoms. The van der Waals surface area contributed by atoms with Gasteiger partial charge in [0.25, 0.3) is 0 Å². The van der Waals surface area contributed by atoms with Crippen molar-refractivity contribution in [2.24, 2.45) is 0 Å². The molecule has 266 valence electrons. The highest BCUT2D eigenvalue weighted by molar-refractivity contribution is 5.70. The molecule has 2 heterocycles. The average Bonchev–Trinajstić information content (AvgIpc) is 3.10. The lowest BCUT2D eigenvalue weighted by Crippen LogP contribution is -2.64. The predicted molar refractivity (Wildman–Crippen MR) is 185 cm³/mol. The van der Waals surface area contributed by atoms with Crippen LogP contribution in [0.3, 0.4) is 0 Å². The second-order valence-corrected chi connectivity index (χ2v) is 12.9. The number of fused-ring (bicyclic) bond motifs is 1. The molecule has 2 saturated heterocycles. The van der Waals surface area contributed by atoms with Crippen LogP contribution in [-0.2, 0) is 38.0 Å². The molecular weight excluding hydrogens is 608 g/mol. The second kappa shape index (κ2) is 24.3. The van der Waals surface area contributed by atoms with Crippen molar-refractivity contribution in [3.63, 3.8) is 0 Å². The largest absolute Gasteiger partial charge is 0.455 e. The summed E-state index contributed by atoms with van der Waals surface area (Å²) in [5.41, 5.74) is 0.840. The Kier molecular flexibility index (Phi) is 20.0. The van der Waals surface area contributed by atoms with Gasteiger partial charge in [0.15, 0.2) is 24.8 Å². The van der Waals surface area contributed by atoms with E-state index in [0.717, 1.165) is 82.6 Å². The van der Waals surface area contributed by atoms with Crippen LogP contribution in [-0.4, -0.2) is 56.4 Å². The Morgan fingerprint density at radius 1 is 0.688 bits per heavy atom. The van der Waals surface area contributed by atoms with Crippen LogP contribution in [0.25, 0.3) is 0 Å². The molecule has 2 aliphatic heterocycles. The number of hydrogen-bond donors (Lipinski definition) is 0. The summed E-state index contributed by atoms with van der Waals surface area (Å²) in [5.74, 6) is 4.66. The molecule has 0 N–H and O–H groups in total. The van der Waals surface area contributed by atoms with E-state index in [2.05, 4.69) is 11.8 Å². The number of hydrogen-bond acceptors (Lipinski definition) is 8. The Hall–Kier alpha value is -2.88. The molecule has 2 aliphatic rings. The molecular formula is C40H58O8. The van der Waals surface area contributed by atoms with Gasteiger partial charge in [0, 0.05) is 38.4 Å². The van der Waals surface area contributed by atoms with Gasteiger partial charge in [0.05, 0.1) is 6.61 Å². The average molecular weight is 667 g/mol. The van der Waals surface area contributed by atoms with Crippen LogP contribution in [0.1, 0.15) is 140 Å². The van der Waals surface area contributed by atoms with E-state index in [1.165, 1.54) is 45.6 Å². The highest BCUT2D eigenvalue weighted by atomic mass is 16.8. The van der Waals surface area contributed by atoms with Crippen LogP contribution < -0.4 is 0 Å². The molecule has 1 unspecified atom stereocenters. The van der Waals surface area contributed by atoms with Crippen molar-refractivity contribution in [2.45, 2.75) is 165 Å². The number of ether oxygens (including phenoxy) is 6. The van der Waals surface area contributed by atoms with E-state index in [0.29, 0.717) is 0 Å². The van der Waals surface area contributed by atoms with Crippen molar-refractivity contribution in [3.8, 4) is 24.7 Å². The van der Waals surface area contributed by atoms with Crippen molar-refractivity contribution in [1.29, 1.82) is 0 Å². The second-order valence-electron chi connectivity index (χ2n) is 12.9. The number of terminal acetylenes is 2. The molecule has 8 nitrogen and oxygen atoms in total. The molecule has 0 radical (unpaired) electrons. The highest BCUT2D eigenvalue weighted by Gasteiger charge is 2.54. The molecule has 1 aromatic carbocycles. The summed E-state index contributed by atoms with van der Waals surface area (Å²) in [6.07, 6.45) is 25.2. The van der Waals surface area contributed by atoms with Crippen molar-refractivity contribution in [2.75, 3.05) is 13.7 Å². The van der Waals surface area contributed by atoms with E-state index in [1.54, 1.807) is 0 Å². The van der Waals surface area contributed by atoms with Crippen LogP contribution in [0.2, 0.25) is 0 Å². The monoisotopic (exact) mass is 666 g/mol. The highest BCUT2D eigenvalue weighted by Crippen LogP contribution is 2.37. The van der Waals surface area contributed by atoms with Crippen LogP contribution in [0, 0.1) is 24.7 Å². The lowest BCUT2D eigenvalue weighted by atomic mass is 9.97. The van der Waals surface area contributed by atoms with Crippen LogP contribution in [0.15, 0.2) is 30.3 Å². The minimum atomic E-state index is -0.972. The third-order valence-corrected chi connectivity index (χ3v) is 9.03. The van der Waals surface area contributed by atoms with E-state index in [4.69, 9.17) is 41.3 Å². The van der Waals surface area contributed by atoms with Crippen molar-refractivity contribution in [1.82, 2.24) is 0 Å². The van der Waals surface area contributed by atoms with E-state index in [-0.39, 0.29) is 31.4 Å². The molecule has 0 amide bonds. The van der Waals surface area contributed by atoms with Gasteiger partial charge in [-0.3, -0.25) is 9.59 Å². The molecule has 0 saturated carbocycles. The maximum absolute atomic E-state index is 13.2. The van der Waals surface area contributed by atoms with Crippen molar-refractivity contribution < 1.29 is 38.0 Å². The van der Waals surface area contributed by atoms with Gasteiger partial charge in [0.1, 0.15) is 12.2 Å². The standard InChI is InChI=1S/C40H58O8/c1-4-6-8-10-12-14-16-18-20-25-29-34(41)46-37-36-33(31-44-39(48-36)32-27-23-22-24-28-32)45-40(43-3)38(37)47-35(42)30-26-21-19-17-15-13-11-9-7-5-2/h1-2,22-24,27-28,33,36-40H,6-21,25-26,29-31H2,3H3/t33-,36-,37+,38-,39?,40+/m1/s1. The normalized spacial score (nSPS) is 23.4. The first-order chi connectivity index (χ1) is 23.6. The topological polar surface area (TPSA) is 89.5 Å². The van der Waals surface area contributed by atoms with Crippen molar-refractivity contribution in [3.05, 3.63) is 35.9 Å². The maximum Gasteiger partial charge on any atom is 0.306 e. The fraction of sp³-hybridized carbons (Fsp3) is 0.700. The van der Waals surface area contributed by atoms with Gasteiger partial charge in [-0.15, -0.1) is 24.7 Å². The number of carbonyl (C=O) groups excluding carboxylic acids is 2. The van der Waals surface area contributed by atoms with E-state index >= 15 is 0 Å². The third kappa shape index (κ3) is 14.7. The van der Waals surface area contributed by atoms with E-state index in [1.807, 2.05) is 30.3 Å². The zero-order chi connectivity index (χ0) is 34.2. The molecule has 2 fully saturated rings. The Balaban J connectivity index is 1.53. The van der Waals surface area contributed by atoms with Gasteiger partial charge < -0.3 is 28.4 Å².